The first-order valence-electron chi connectivity index (χ1n) is 7.48. The van der Waals surface area contributed by atoms with Crippen LogP contribution >= 0.6 is 11.6 Å². The highest BCUT2D eigenvalue weighted by atomic mass is 35.5. The number of amides is 1. The van der Waals surface area contributed by atoms with Gasteiger partial charge in [0.2, 0.25) is 11.8 Å². The number of carbonyl (C=O) groups is 1. The average molecular weight is 355 g/mol. The summed E-state index contributed by atoms with van der Waals surface area (Å²) in [6.45, 7) is 0.332. The smallest absolute Gasteiger partial charge is 0.256 e. The first-order valence-corrected chi connectivity index (χ1v) is 7.86. The largest absolute Gasteiger partial charge is 0.473 e. The monoisotopic (exact) mass is 354 g/mol. The topological polar surface area (TPSA) is 90.1 Å². The molecule has 1 aromatic heterocycles. The third-order valence-electron chi connectivity index (χ3n) is 3.28. The summed E-state index contributed by atoms with van der Waals surface area (Å²) >= 11 is 5.90. The van der Waals surface area contributed by atoms with Crippen molar-refractivity contribution < 1.29 is 9.53 Å². The Morgan fingerprint density at radius 2 is 1.88 bits per heavy atom. The lowest BCUT2D eigenvalue weighted by Gasteiger charge is -2.09. The fourth-order valence-corrected chi connectivity index (χ4v) is 2.32. The highest BCUT2D eigenvalue weighted by Crippen LogP contribution is 2.18. The van der Waals surface area contributed by atoms with Crippen LogP contribution in [0.4, 0.5) is 11.8 Å². The van der Waals surface area contributed by atoms with Gasteiger partial charge < -0.3 is 15.8 Å². The number of hydrogen-bond acceptors (Lipinski definition) is 5. The number of nitrogen functional groups attached to an aromatic ring is 1. The van der Waals surface area contributed by atoms with Gasteiger partial charge in [0.1, 0.15) is 12.4 Å². The van der Waals surface area contributed by atoms with Crippen molar-refractivity contribution in [2.24, 2.45) is 0 Å². The summed E-state index contributed by atoms with van der Waals surface area (Å²) in [5.74, 6) is 0.180. The molecule has 3 aromatic rings. The number of anilines is 2. The van der Waals surface area contributed by atoms with E-state index >= 15 is 0 Å². The maximum atomic E-state index is 12.3. The summed E-state index contributed by atoms with van der Waals surface area (Å²) in [4.78, 5) is 20.3. The Morgan fingerprint density at radius 1 is 1.08 bits per heavy atom. The van der Waals surface area contributed by atoms with Gasteiger partial charge >= 0.3 is 0 Å². The lowest BCUT2D eigenvalue weighted by atomic mass is 10.2. The highest BCUT2D eigenvalue weighted by molar-refractivity contribution is 6.31. The number of aromatic nitrogens is 2. The normalized spacial score (nSPS) is 10.3. The van der Waals surface area contributed by atoms with Gasteiger partial charge in [-0.25, -0.2) is 0 Å². The van der Waals surface area contributed by atoms with Gasteiger partial charge in [0.15, 0.2) is 0 Å². The fraction of sp³-hybridized carbons (Fsp3) is 0.0556. The van der Waals surface area contributed by atoms with Crippen LogP contribution < -0.4 is 15.8 Å². The van der Waals surface area contributed by atoms with Crippen LogP contribution in [-0.4, -0.2) is 15.9 Å². The van der Waals surface area contributed by atoms with Crippen LogP contribution in [0.3, 0.4) is 0 Å². The number of halogens is 1. The Hall–Kier alpha value is -3.12. The molecule has 3 rings (SSSR count). The number of nitrogens with one attached hydrogen (secondary N) is 1. The minimum absolute atomic E-state index is 0.00644. The van der Waals surface area contributed by atoms with Gasteiger partial charge in [-0.3, -0.25) is 4.79 Å². The second kappa shape index (κ2) is 7.63. The Morgan fingerprint density at radius 3 is 2.64 bits per heavy atom. The Labute approximate surface area is 149 Å². The molecule has 7 heteroatoms. The number of rotatable bonds is 5. The van der Waals surface area contributed by atoms with E-state index in [4.69, 9.17) is 22.1 Å². The molecule has 0 aliphatic heterocycles. The van der Waals surface area contributed by atoms with Gasteiger partial charge in [-0.05, 0) is 23.8 Å². The van der Waals surface area contributed by atoms with Gasteiger partial charge in [0.05, 0.1) is 0 Å². The molecule has 1 amide bonds. The quantitative estimate of drug-likeness (QED) is 0.731. The van der Waals surface area contributed by atoms with E-state index in [2.05, 4.69) is 15.3 Å². The molecule has 126 valence electrons. The van der Waals surface area contributed by atoms with Gasteiger partial charge in [0.25, 0.3) is 5.91 Å². The number of ether oxygens (including phenoxy) is 1. The van der Waals surface area contributed by atoms with E-state index in [1.807, 2.05) is 30.3 Å². The fourth-order valence-electron chi connectivity index (χ4n) is 2.13. The summed E-state index contributed by atoms with van der Waals surface area (Å²) < 4.78 is 5.62. The zero-order chi connectivity index (χ0) is 17.6. The molecule has 0 atom stereocenters. The third kappa shape index (κ3) is 4.68. The first kappa shape index (κ1) is 16.7. The van der Waals surface area contributed by atoms with Crippen LogP contribution in [0.15, 0.2) is 60.7 Å². The highest BCUT2D eigenvalue weighted by Gasteiger charge is 2.10. The molecule has 0 saturated carbocycles. The number of hydrogen-bond donors (Lipinski definition) is 2. The second-order valence-electron chi connectivity index (χ2n) is 5.19. The molecule has 0 radical (unpaired) electrons. The van der Waals surface area contributed by atoms with Crippen molar-refractivity contribution in [3.63, 3.8) is 0 Å². The summed E-state index contributed by atoms with van der Waals surface area (Å²) in [6, 6.07) is 17.8. The minimum Gasteiger partial charge on any atom is -0.473 e. The summed E-state index contributed by atoms with van der Waals surface area (Å²) in [5.41, 5.74) is 7.10. The Balaban J connectivity index is 1.71. The van der Waals surface area contributed by atoms with Crippen LogP contribution in [0, 0.1) is 0 Å². The SMILES string of the molecule is Nc1nc(NC(=O)c2cccc(Cl)c2)cc(OCc2ccccc2)n1. The standard InChI is InChI=1S/C18H15ClN4O2/c19-14-8-4-7-13(9-14)17(24)21-15-10-16(23-18(20)22-15)25-11-12-5-2-1-3-6-12/h1-10H,11H2,(H3,20,21,22,23,24). The minimum atomic E-state index is -0.352. The summed E-state index contributed by atoms with van der Waals surface area (Å²) in [7, 11) is 0. The van der Waals surface area contributed by atoms with E-state index in [9.17, 15) is 4.79 Å². The molecule has 2 aromatic carbocycles. The number of nitrogens with zero attached hydrogens (tertiary/aromatic N) is 2. The van der Waals surface area contributed by atoms with E-state index in [-0.39, 0.29) is 23.6 Å². The van der Waals surface area contributed by atoms with E-state index < -0.39 is 0 Å². The molecule has 6 nitrogen and oxygen atoms in total. The number of benzene rings is 2. The van der Waals surface area contributed by atoms with E-state index in [1.165, 1.54) is 6.07 Å². The van der Waals surface area contributed by atoms with Crippen molar-refractivity contribution in [1.29, 1.82) is 0 Å². The summed E-state index contributed by atoms with van der Waals surface area (Å²) in [6.07, 6.45) is 0. The van der Waals surface area contributed by atoms with Gasteiger partial charge in [-0.15, -0.1) is 0 Å². The van der Waals surface area contributed by atoms with Crippen LogP contribution in [-0.2, 0) is 6.61 Å². The molecule has 0 bridgehead atoms. The Bertz CT molecular complexity index is 887. The number of nitrogens with two attached hydrogens (primary N) is 1. The molecule has 1 heterocycles. The molecule has 0 spiro atoms. The molecule has 3 N–H and O–H groups in total. The van der Waals surface area contributed by atoms with Gasteiger partial charge in [0, 0.05) is 16.7 Å². The van der Waals surface area contributed by atoms with Crippen molar-refractivity contribution >= 4 is 29.3 Å². The van der Waals surface area contributed by atoms with Crippen molar-refractivity contribution in [2.45, 2.75) is 6.61 Å². The molecule has 0 aliphatic rings. The second-order valence-corrected chi connectivity index (χ2v) is 5.62. The maximum Gasteiger partial charge on any atom is 0.256 e. The zero-order valence-electron chi connectivity index (χ0n) is 13.1. The third-order valence-corrected chi connectivity index (χ3v) is 3.51. The van der Waals surface area contributed by atoms with Gasteiger partial charge in [-0.1, -0.05) is 48.0 Å². The first-order chi connectivity index (χ1) is 12.1. The number of carbonyl (C=O) groups excluding carboxylic acids is 1. The van der Waals surface area contributed by atoms with Gasteiger partial charge in [-0.2, -0.15) is 9.97 Å². The molecule has 25 heavy (non-hydrogen) atoms. The predicted molar refractivity (Wildman–Crippen MR) is 96.6 cm³/mol. The molecule has 0 saturated heterocycles. The maximum absolute atomic E-state index is 12.3. The lowest BCUT2D eigenvalue weighted by Crippen LogP contribution is -2.14. The van der Waals surface area contributed by atoms with Crippen LogP contribution in [0.25, 0.3) is 0 Å². The van der Waals surface area contributed by atoms with Crippen molar-refractivity contribution in [2.75, 3.05) is 11.1 Å². The van der Waals surface area contributed by atoms with Crippen molar-refractivity contribution in [1.82, 2.24) is 9.97 Å². The molecule has 0 unspecified atom stereocenters. The molecular formula is C18H15ClN4O2. The van der Waals surface area contributed by atoms with Crippen molar-refractivity contribution in [3.05, 3.63) is 76.8 Å². The van der Waals surface area contributed by atoms with E-state index in [0.717, 1.165) is 5.56 Å². The Kier molecular flexibility index (Phi) is 5.11. The summed E-state index contributed by atoms with van der Waals surface area (Å²) in [5, 5.41) is 3.13. The molecule has 0 fully saturated rings. The van der Waals surface area contributed by atoms with Crippen molar-refractivity contribution in [3.8, 4) is 5.88 Å². The van der Waals surface area contributed by atoms with Crippen LogP contribution in [0.2, 0.25) is 5.02 Å². The average Bonchev–Trinajstić information content (AvgIpc) is 2.60. The zero-order valence-corrected chi connectivity index (χ0v) is 13.9. The van der Waals surface area contributed by atoms with Crippen LogP contribution in [0.5, 0.6) is 5.88 Å². The molecular weight excluding hydrogens is 340 g/mol. The molecule has 0 aliphatic carbocycles. The lowest BCUT2D eigenvalue weighted by molar-refractivity contribution is 0.102. The van der Waals surface area contributed by atoms with E-state index in [1.54, 1.807) is 24.3 Å². The predicted octanol–water partition coefficient (Wildman–Crippen LogP) is 3.54. The van der Waals surface area contributed by atoms with E-state index in [0.29, 0.717) is 17.2 Å². The van der Waals surface area contributed by atoms with Crippen LogP contribution in [0.1, 0.15) is 15.9 Å².